The van der Waals surface area contributed by atoms with Crippen LogP contribution in [0.25, 0.3) is 0 Å². The number of rotatable bonds is 8. The van der Waals surface area contributed by atoms with Crippen molar-refractivity contribution in [2.24, 2.45) is 5.73 Å². The van der Waals surface area contributed by atoms with Crippen LogP contribution in [-0.2, 0) is 6.42 Å². The topological polar surface area (TPSA) is 95.6 Å². The van der Waals surface area contributed by atoms with E-state index in [2.05, 4.69) is 24.4 Å². The monoisotopic (exact) mass is 328 g/mol. The van der Waals surface area contributed by atoms with Gasteiger partial charge >= 0.3 is 0 Å². The third-order valence-corrected chi connectivity index (χ3v) is 4.04. The number of benzene rings is 2. The van der Waals surface area contributed by atoms with Crippen molar-refractivity contribution in [3.05, 3.63) is 65.2 Å². The van der Waals surface area contributed by atoms with Gasteiger partial charge < -0.3 is 21.3 Å². The molecule has 0 fully saturated rings. The smallest absolute Gasteiger partial charge is 0.252 e. The zero-order chi connectivity index (χ0) is 17.5. The lowest BCUT2D eigenvalue weighted by Gasteiger charge is -2.18. The van der Waals surface area contributed by atoms with Crippen molar-refractivity contribution < 1.29 is 15.0 Å². The second-order valence-corrected chi connectivity index (χ2v) is 5.99. The van der Waals surface area contributed by atoms with Crippen LogP contribution in [0.4, 0.5) is 0 Å². The zero-order valence-electron chi connectivity index (χ0n) is 13.8. The molecule has 0 saturated heterocycles. The Morgan fingerprint density at radius 3 is 2.58 bits per heavy atom. The fourth-order valence-electron chi connectivity index (χ4n) is 2.52. The van der Waals surface area contributed by atoms with Gasteiger partial charge in [0.05, 0.1) is 11.7 Å². The molecule has 0 heterocycles. The minimum absolute atomic E-state index is 0.0173. The molecule has 5 N–H and O–H groups in total. The normalized spacial score (nSPS) is 13.4. The number of nitrogens with two attached hydrogens (primary N) is 1. The number of aliphatic hydroxyl groups is 1. The third-order valence-electron chi connectivity index (χ3n) is 4.04. The van der Waals surface area contributed by atoms with Crippen molar-refractivity contribution in [3.63, 3.8) is 0 Å². The van der Waals surface area contributed by atoms with Crippen LogP contribution in [0.3, 0.4) is 0 Å². The maximum atomic E-state index is 11.2. The Kier molecular flexibility index (Phi) is 6.35. The zero-order valence-corrected chi connectivity index (χ0v) is 13.8. The minimum Gasteiger partial charge on any atom is -0.507 e. The van der Waals surface area contributed by atoms with Crippen LogP contribution in [-0.4, -0.2) is 28.7 Å². The molecule has 2 aromatic carbocycles. The molecule has 0 aromatic heterocycles. The molecule has 24 heavy (non-hydrogen) atoms. The lowest BCUT2D eigenvalue weighted by molar-refractivity contribution is 0.0997. The van der Waals surface area contributed by atoms with Crippen LogP contribution in [0, 0.1) is 0 Å². The highest BCUT2D eigenvalue weighted by atomic mass is 16.3. The summed E-state index contributed by atoms with van der Waals surface area (Å²) in [5, 5.41) is 23.1. The van der Waals surface area contributed by atoms with Gasteiger partial charge in [0.15, 0.2) is 0 Å². The number of nitrogens with one attached hydrogen (secondary N) is 1. The summed E-state index contributed by atoms with van der Waals surface area (Å²) in [6.45, 7) is 2.43. The maximum absolute atomic E-state index is 11.2. The Morgan fingerprint density at radius 2 is 1.92 bits per heavy atom. The molecule has 5 nitrogen and oxygen atoms in total. The fraction of sp³-hybridized carbons (Fsp3) is 0.316. The largest absolute Gasteiger partial charge is 0.507 e. The summed E-state index contributed by atoms with van der Waals surface area (Å²) in [4.78, 5) is 11.2. The Hall–Kier alpha value is -2.37. The summed E-state index contributed by atoms with van der Waals surface area (Å²) < 4.78 is 0. The first-order valence-corrected chi connectivity index (χ1v) is 8.05. The number of phenols is 1. The highest BCUT2D eigenvalue weighted by Crippen LogP contribution is 2.22. The number of carbonyl (C=O) groups is 1. The molecule has 0 aliphatic carbocycles. The molecule has 1 unspecified atom stereocenters. The van der Waals surface area contributed by atoms with Crippen molar-refractivity contribution in [1.29, 1.82) is 0 Å². The van der Waals surface area contributed by atoms with E-state index in [0.717, 1.165) is 12.8 Å². The second kappa shape index (κ2) is 8.47. The summed E-state index contributed by atoms with van der Waals surface area (Å²) in [7, 11) is 0. The molecule has 0 radical (unpaired) electrons. The van der Waals surface area contributed by atoms with Crippen molar-refractivity contribution >= 4 is 5.91 Å². The van der Waals surface area contributed by atoms with Gasteiger partial charge in [-0.3, -0.25) is 4.79 Å². The van der Waals surface area contributed by atoms with Gasteiger partial charge in [-0.25, -0.2) is 0 Å². The standard InChI is InChI=1S/C19H24N2O3/c1-13(7-8-14-5-3-2-4-6-14)21-12-18(23)15-9-10-17(22)16(11-15)19(20)24/h2-6,9-11,13,18,21-23H,7-8,12H2,1H3,(H2,20,24)/t13-,18?/m0/s1. The Balaban J connectivity index is 1.85. The average Bonchev–Trinajstić information content (AvgIpc) is 2.59. The van der Waals surface area contributed by atoms with Crippen molar-refractivity contribution in [1.82, 2.24) is 5.32 Å². The van der Waals surface area contributed by atoms with E-state index in [1.807, 2.05) is 18.2 Å². The van der Waals surface area contributed by atoms with E-state index in [4.69, 9.17) is 5.73 Å². The summed E-state index contributed by atoms with van der Waals surface area (Å²) >= 11 is 0. The second-order valence-electron chi connectivity index (χ2n) is 5.99. The lowest BCUT2D eigenvalue weighted by atomic mass is 10.0. The number of aryl methyl sites for hydroxylation is 1. The molecule has 0 bridgehead atoms. The van der Waals surface area contributed by atoms with E-state index in [1.54, 1.807) is 6.07 Å². The van der Waals surface area contributed by atoms with Crippen molar-refractivity contribution in [2.45, 2.75) is 31.9 Å². The molecule has 5 heteroatoms. The quantitative estimate of drug-likeness (QED) is 0.597. The molecular formula is C19H24N2O3. The molecule has 1 amide bonds. The number of carbonyl (C=O) groups excluding carboxylic acids is 1. The first-order valence-electron chi connectivity index (χ1n) is 8.05. The molecule has 2 rings (SSSR count). The van der Waals surface area contributed by atoms with Crippen LogP contribution < -0.4 is 11.1 Å². The number of aliphatic hydroxyl groups excluding tert-OH is 1. The summed E-state index contributed by atoms with van der Waals surface area (Å²) in [6, 6.07) is 14.9. The van der Waals surface area contributed by atoms with Crippen LogP contribution in [0.2, 0.25) is 0 Å². The maximum Gasteiger partial charge on any atom is 0.252 e. The molecule has 0 aliphatic rings. The molecule has 2 atom stereocenters. The Labute approximate surface area is 142 Å². The molecule has 0 aliphatic heterocycles. The van der Waals surface area contributed by atoms with E-state index in [-0.39, 0.29) is 17.4 Å². The van der Waals surface area contributed by atoms with E-state index in [1.165, 1.54) is 17.7 Å². The SMILES string of the molecule is C[C@@H](CCc1ccccc1)NCC(O)c1ccc(O)c(C(N)=O)c1. The fourth-order valence-corrected chi connectivity index (χ4v) is 2.52. The highest BCUT2D eigenvalue weighted by Gasteiger charge is 2.14. The first-order chi connectivity index (χ1) is 11.5. The van der Waals surface area contributed by atoms with Crippen molar-refractivity contribution in [2.75, 3.05) is 6.54 Å². The molecule has 2 aromatic rings. The van der Waals surface area contributed by atoms with Gasteiger partial charge in [0.25, 0.3) is 5.91 Å². The number of hydrogen-bond acceptors (Lipinski definition) is 4. The first kappa shape index (κ1) is 18.0. The highest BCUT2D eigenvalue weighted by molar-refractivity contribution is 5.95. The van der Waals surface area contributed by atoms with Crippen LogP contribution in [0.15, 0.2) is 48.5 Å². The molecule has 0 spiro atoms. The summed E-state index contributed by atoms with van der Waals surface area (Å²) in [6.07, 6.45) is 1.15. The van der Waals surface area contributed by atoms with Crippen LogP contribution in [0.1, 0.15) is 40.9 Å². The summed E-state index contributed by atoms with van der Waals surface area (Å²) in [5.74, 6) is -0.895. The number of aromatic hydroxyl groups is 1. The van der Waals surface area contributed by atoms with Gasteiger partial charge in [0, 0.05) is 12.6 Å². The van der Waals surface area contributed by atoms with Crippen LogP contribution in [0.5, 0.6) is 5.75 Å². The summed E-state index contributed by atoms with van der Waals surface area (Å²) in [5.41, 5.74) is 7.06. The molecule has 128 valence electrons. The third kappa shape index (κ3) is 5.08. The van der Waals surface area contributed by atoms with Gasteiger partial charge in [-0.05, 0) is 43.0 Å². The lowest BCUT2D eigenvalue weighted by Crippen LogP contribution is -2.31. The van der Waals surface area contributed by atoms with Gasteiger partial charge in [-0.2, -0.15) is 0 Å². The van der Waals surface area contributed by atoms with Gasteiger partial charge in [-0.15, -0.1) is 0 Å². The van der Waals surface area contributed by atoms with Gasteiger partial charge in [-0.1, -0.05) is 36.4 Å². The van der Waals surface area contributed by atoms with E-state index < -0.39 is 12.0 Å². The number of hydrogen-bond donors (Lipinski definition) is 4. The molecule has 0 saturated carbocycles. The van der Waals surface area contributed by atoms with Gasteiger partial charge in [0.2, 0.25) is 0 Å². The number of primary amides is 1. The van der Waals surface area contributed by atoms with E-state index in [0.29, 0.717) is 12.1 Å². The van der Waals surface area contributed by atoms with E-state index >= 15 is 0 Å². The van der Waals surface area contributed by atoms with Crippen molar-refractivity contribution in [3.8, 4) is 5.75 Å². The molecular weight excluding hydrogens is 304 g/mol. The predicted molar refractivity (Wildman–Crippen MR) is 93.8 cm³/mol. The predicted octanol–water partition coefficient (Wildman–Crippen LogP) is 2.14. The van der Waals surface area contributed by atoms with Crippen LogP contribution >= 0.6 is 0 Å². The minimum atomic E-state index is -0.775. The number of amides is 1. The Morgan fingerprint density at radius 1 is 1.21 bits per heavy atom. The van der Waals surface area contributed by atoms with E-state index in [9.17, 15) is 15.0 Å². The average molecular weight is 328 g/mol. The van der Waals surface area contributed by atoms with Gasteiger partial charge in [0.1, 0.15) is 5.75 Å². The Bertz CT molecular complexity index is 674.